The molecule has 202 valence electrons. The maximum Gasteiger partial charge on any atom is 0.309 e. The molecule has 0 amide bonds. The van der Waals surface area contributed by atoms with Gasteiger partial charge in [0, 0.05) is 29.3 Å². The number of aliphatic hydroxyl groups is 2. The molecule has 9 heteroatoms. The third-order valence-electron chi connectivity index (χ3n) is 8.16. The number of aliphatic hydroxyl groups excluding tert-OH is 2. The summed E-state index contributed by atoms with van der Waals surface area (Å²) >= 11 is 3.17. The van der Waals surface area contributed by atoms with Crippen molar-refractivity contribution in [3.8, 4) is 0 Å². The minimum atomic E-state index is -1.22. The van der Waals surface area contributed by atoms with E-state index in [1.54, 1.807) is 43.9 Å². The summed E-state index contributed by atoms with van der Waals surface area (Å²) in [6.07, 6.45) is 4.47. The molecule has 2 fully saturated rings. The number of hydrogen-bond acceptors (Lipinski definition) is 9. The van der Waals surface area contributed by atoms with Crippen LogP contribution in [0.3, 0.4) is 0 Å². The zero-order valence-corrected chi connectivity index (χ0v) is 24.2. The van der Waals surface area contributed by atoms with Gasteiger partial charge in [0.15, 0.2) is 0 Å². The molecule has 36 heavy (non-hydrogen) atoms. The minimum absolute atomic E-state index is 0.0437. The first-order valence-electron chi connectivity index (χ1n) is 12.8. The Morgan fingerprint density at radius 3 is 2.61 bits per heavy atom. The van der Waals surface area contributed by atoms with Gasteiger partial charge in [-0.25, -0.2) is 4.98 Å². The van der Waals surface area contributed by atoms with E-state index in [-0.39, 0.29) is 29.7 Å². The average molecular weight is 539 g/mol. The maximum atomic E-state index is 13.2. The predicted molar refractivity (Wildman–Crippen MR) is 145 cm³/mol. The van der Waals surface area contributed by atoms with E-state index in [1.165, 1.54) is 0 Å². The van der Waals surface area contributed by atoms with Crippen LogP contribution in [-0.2, 0) is 14.3 Å². The zero-order valence-electron chi connectivity index (χ0n) is 22.5. The van der Waals surface area contributed by atoms with Gasteiger partial charge in [0.1, 0.15) is 16.2 Å². The second kappa shape index (κ2) is 11.6. The summed E-state index contributed by atoms with van der Waals surface area (Å²) in [5.41, 5.74) is 0.489. The lowest BCUT2D eigenvalue weighted by Crippen LogP contribution is -2.45. The first kappa shape index (κ1) is 29.3. The number of aromatic nitrogens is 1. The van der Waals surface area contributed by atoms with Crippen LogP contribution >= 0.6 is 23.1 Å². The molecule has 7 atom stereocenters. The standard InChI is InChI=1S/C27H42N2O5S2/c1-15-9-8-10-27(6)20(29-27)12-19(16(2)11-18-14-36-25(28-18)35-7)34-22(31)13-21(30)26(4,5)24(33)17(3)23(15)32/h11,14-15,17,19-21,23,29-30,32H,8-10,12-13H2,1-7H3/b16-11+/t15-,17+,19-,20-,21-,23-,27+/m0/s1. The quantitative estimate of drug-likeness (QED) is 0.293. The Balaban J connectivity index is 1.85. The van der Waals surface area contributed by atoms with Gasteiger partial charge >= 0.3 is 5.97 Å². The highest BCUT2D eigenvalue weighted by atomic mass is 32.2. The SMILES string of the molecule is CSc1nc(/C=C(\C)[C@@H]2C[C@@H]3N[C@]3(C)CCC[C@H](C)[C@H](O)[C@@H](C)C(=O)C(C)(C)[C@@H](O)CC(=O)O2)cs1. The lowest BCUT2D eigenvalue weighted by Gasteiger charge is -2.34. The Morgan fingerprint density at radius 1 is 1.28 bits per heavy atom. The highest BCUT2D eigenvalue weighted by molar-refractivity contribution is 8.00. The van der Waals surface area contributed by atoms with E-state index in [0.717, 1.165) is 34.9 Å². The van der Waals surface area contributed by atoms with E-state index < -0.39 is 35.6 Å². The molecule has 2 aliphatic rings. The van der Waals surface area contributed by atoms with Crippen molar-refractivity contribution in [3.05, 3.63) is 16.6 Å². The number of thioether (sulfide) groups is 1. The van der Waals surface area contributed by atoms with Crippen LogP contribution in [0, 0.1) is 17.3 Å². The van der Waals surface area contributed by atoms with Crippen molar-refractivity contribution in [1.82, 2.24) is 10.3 Å². The molecule has 0 aliphatic carbocycles. The number of rotatable bonds is 3. The van der Waals surface area contributed by atoms with Gasteiger partial charge in [0.2, 0.25) is 0 Å². The van der Waals surface area contributed by atoms with Crippen LogP contribution in [0.5, 0.6) is 0 Å². The number of nitrogens with one attached hydrogen (secondary N) is 1. The molecule has 1 aromatic heterocycles. The minimum Gasteiger partial charge on any atom is -0.458 e. The molecule has 2 aliphatic heterocycles. The van der Waals surface area contributed by atoms with E-state index >= 15 is 0 Å². The first-order valence-corrected chi connectivity index (χ1v) is 14.9. The number of thiazole rings is 1. The highest BCUT2D eigenvalue weighted by Gasteiger charge is 2.50. The number of nitrogens with zero attached hydrogens (tertiary/aromatic N) is 1. The van der Waals surface area contributed by atoms with Gasteiger partial charge in [0.05, 0.1) is 29.7 Å². The monoisotopic (exact) mass is 538 g/mol. The van der Waals surface area contributed by atoms with Crippen LogP contribution in [-0.4, -0.2) is 63.1 Å². The third kappa shape index (κ3) is 6.78. The van der Waals surface area contributed by atoms with Crippen molar-refractivity contribution in [2.75, 3.05) is 6.26 Å². The maximum absolute atomic E-state index is 13.2. The second-order valence-electron chi connectivity index (χ2n) is 11.4. The summed E-state index contributed by atoms with van der Waals surface area (Å²) in [5, 5.41) is 27.3. The molecule has 1 aromatic rings. The lowest BCUT2D eigenvalue weighted by atomic mass is 9.73. The number of Topliss-reactive ketones (excluding diaryl/α,β-unsaturated/α-hetero) is 1. The second-order valence-corrected chi connectivity index (χ2v) is 13.3. The first-order chi connectivity index (χ1) is 16.8. The number of carbonyl (C=O) groups is 2. The van der Waals surface area contributed by atoms with Gasteiger partial charge in [-0.15, -0.1) is 11.3 Å². The average Bonchev–Trinajstić information content (AvgIpc) is 3.23. The normalized spacial score (nSPS) is 36.8. The zero-order chi connectivity index (χ0) is 26.8. The van der Waals surface area contributed by atoms with Crippen molar-refractivity contribution in [2.24, 2.45) is 17.3 Å². The van der Waals surface area contributed by atoms with Crippen LogP contribution in [0.4, 0.5) is 0 Å². The Morgan fingerprint density at radius 2 is 1.97 bits per heavy atom. The predicted octanol–water partition coefficient (Wildman–Crippen LogP) is 4.46. The summed E-state index contributed by atoms with van der Waals surface area (Å²) in [5.74, 6) is -1.47. The number of fused-ring (bicyclic) bond motifs is 1. The number of hydrogen-bond donors (Lipinski definition) is 3. The van der Waals surface area contributed by atoms with Gasteiger partial charge < -0.3 is 20.3 Å². The van der Waals surface area contributed by atoms with Crippen LogP contribution in [0.2, 0.25) is 0 Å². The number of esters is 1. The molecule has 0 bridgehead atoms. The number of cyclic esters (lactones) is 1. The van der Waals surface area contributed by atoms with Crippen LogP contribution in [0.25, 0.3) is 6.08 Å². The highest BCUT2D eigenvalue weighted by Crippen LogP contribution is 2.38. The Hall–Kier alpha value is -1.26. The third-order valence-corrected chi connectivity index (χ3v) is 10.0. The van der Waals surface area contributed by atoms with Crippen LogP contribution < -0.4 is 5.32 Å². The van der Waals surface area contributed by atoms with Crippen LogP contribution in [0.1, 0.15) is 79.3 Å². The molecular weight excluding hydrogens is 496 g/mol. The van der Waals surface area contributed by atoms with E-state index in [9.17, 15) is 19.8 Å². The molecule has 0 radical (unpaired) electrons. The van der Waals surface area contributed by atoms with Gasteiger partial charge in [-0.3, -0.25) is 9.59 Å². The molecule has 0 saturated carbocycles. The number of ketones is 1. The van der Waals surface area contributed by atoms with Crippen molar-refractivity contribution in [1.29, 1.82) is 0 Å². The smallest absolute Gasteiger partial charge is 0.309 e. The fourth-order valence-electron chi connectivity index (χ4n) is 5.20. The van der Waals surface area contributed by atoms with Crippen molar-refractivity contribution < 1.29 is 24.5 Å². The fourth-order valence-corrected chi connectivity index (χ4v) is 6.43. The summed E-state index contributed by atoms with van der Waals surface area (Å²) < 4.78 is 6.90. The van der Waals surface area contributed by atoms with E-state index in [0.29, 0.717) is 6.42 Å². The van der Waals surface area contributed by atoms with Gasteiger partial charge in [-0.05, 0) is 50.5 Å². The molecule has 0 unspecified atom stereocenters. The molecular formula is C27H42N2O5S2. The molecule has 0 spiro atoms. The summed E-state index contributed by atoms with van der Waals surface area (Å²) in [7, 11) is 0. The van der Waals surface area contributed by atoms with Gasteiger partial charge in [0.25, 0.3) is 0 Å². The van der Waals surface area contributed by atoms with Crippen molar-refractivity contribution >= 4 is 40.9 Å². The molecule has 3 rings (SSSR count). The molecule has 2 saturated heterocycles. The fraction of sp³-hybridized carbons (Fsp3) is 0.741. The van der Waals surface area contributed by atoms with Gasteiger partial charge in [-0.2, -0.15) is 0 Å². The van der Waals surface area contributed by atoms with E-state index in [1.807, 2.05) is 31.6 Å². The van der Waals surface area contributed by atoms with Crippen LogP contribution in [0.15, 0.2) is 15.3 Å². The molecule has 3 N–H and O–H groups in total. The van der Waals surface area contributed by atoms with E-state index in [4.69, 9.17) is 4.74 Å². The lowest BCUT2D eigenvalue weighted by molar-refractivity contribution is -0.154. The molecule has 0 aromatic carbocycles. The Labute approximate surface area is 223 Å². The summed E-state index contributed by atoms with van der Waals surface area (Å²) in [4.78, 5) is 30.8. The van der Waals surface area contributed by atoms with Crippen molar-refractivity contribution in [2.45, 2.75) is 108 Å². The summed E-state index contributed by atoms with van der Waals surface area (Å²) in [6, 6.07) is 0.200. The topological polar surface area (TPSA) is 119 Å². The van der Waals surface area contributed by atoms with Gasteiger partial charge in [-0.1, -0.05) is 45.9 Å². The molecule has 7 nitrogen and oxygen atoms in total. The molecule has 3 heterocycles. The number of carbonyl (C=O) groups excluding carboxylic acids is 2. The Bertz CT molecular complexity index is 977. The summed E-state index contributed by atoms with van der Waals surface area (Å²) in [6.45, 7) is 11.1. The Kier molecular flexibility index (Phi) is 9.47. The van der Waals surface area contributed by atoms with E-state index in [2.05, 4.69) is 17.2 Å². The van der Waals surface area contributed by atoms with Crippen molar-refractivity contribution in [3.63, 3.8) is 0 Å². The number of ether oxygens (including phenoxy) is 1. The largest absolute Gasteiger partial charge is 0.458 e.